The molecule has 0 saturated carbocycles. The maximum Gasteiger partial charge on any atom is 0.331 e. The van der Waals surface area contributed by atoms with E-state index in [1.165, 1.54) is 77.0 Å². The van der Waals surface area contributed by atoms with E-state index in [2.05, 4.69) is 16.9 Å². The van der Waals surface area contributed by atoms with E-state index in [-0.39, 0.29) is 41.3 Å². The fourth-order valence-corrected chi connectivity index (χ4v) is 4.64. The zero-order chi connectivity index (χ0) is 21.5. The number of nitrogens with zero attached hydrogens (tertiary/aromatic N) is 1. The third-order valence-corrected chi connectivity index (χ3v) is 6.73. The average molecular weight is 460 g/mol. The molecule has 2 aromatic rings. The normalized spacial score (nSPS) is 11.6. The molecule has 0 unspecified atom stereocenters. The quantitative estimate of drug-likeness (QED) is 0.152. The number of benzene rings is 1. The third-order valence-electron chi connectivity index (χ3n) is 5.59. The molecule has 0 fully saturated rings. The number of unbranched alkanes of at least 4 members (excludes halogenated alkanes) is 14. The van der Waals surface area contributed by atoms with Gasteiger partial charge < -0.3 is 4.98 Å². The van der Waals surface area contributed by atoms with Crippen LogP contribution in [0.4, 0.5) is 0 Å². The minimum absolute atomic E-state index is 0. The Bertz CT molecular complexity index is 775. The maximum atomic E-state index is 12.2. The first-order valence-electron chi connectivity index (χ1n) is 12.0. The van der Waals surface area contributed by atoms with Crippen molar-refractivity contribution in [3.05, 3.63) is 24.3 Å². The van der Waals surface area contributed by atoms with Crippen molar-refractivity contribution in [1.29, 1.82) is 0 Å². The fraction of sp³-hybridized carbons (Fsp3) is 0.708. The maximum absolute atomic E-state index is 12.2. The molecule has 0 aliphatic carbocycles. The summed E-state index contributed by atoms with van der Waals surface area (Å²) in [5, 5.41) is -0.107. The van der Waals surface area contributed by atoms with Crippen LogP contribution in [0.3, 0.4) is 0 Å². The topological polar surface area (TPSA) is 72.1 Å². The number of rotatable bonds is 18. The molecular formula is C24H40N2NaO3S. The number of imidazole rings is 1. The molecule has 7 heteroatoms. The Balaban J connectivity index is 0.00000480. The summed E-state index contributed by atoms with van der Waals surface area (Å²) < 4.78 is 29.6. The first kappa shape index (κ1) is 28.6. The van der Waals surface area contributed by atoms with Gasteiger partial charge in [0.2, 0.25) is 0 Å². The van der Waals surface area contributed by atoms with Gasteiger partial charge in [0.05, 0.1) is 17.6 Å². The second-order valence-corrected chi connectivity index (χ2v) is 9.82. The predicted molar refractivity (Wildman–Crippen MR) is 130 cm³/mol. The van der Waals surface area contributed by atoms with E-state index in [0.29, 0.717) is 11.0 Å². The van der Waals surface area contributed by atoms with Gasteiger partial charge in [-0.05, 0) is 18.6 Å². The molecule has 0 bridgehead atoms. The van der Waals surface area contributed by atoms with Crippen LogP contribution in [-0.4, -0.2) is 54.5 Å². The van der Waals surface area contributed by atoms with Gasteiger partial charge >= 0.3 is 10.1 Å². The second-order valence-electron chi connectivity index (χ2n) is 8.28. The molecule has 31 heavy (non-hydrogen) atoms. The molecule has 171 valence electrons. The summed E-state index contributed by atoms with van der Waals surface area (Å²) in [7, 11) is -3.81. The number of hydrogen-bond donors (Lipinski definition) is 1. The number of hydrogen-bond acceptors (Lipinski definition) is 4. The molecule has 1 aromatic carbocycles. The van der Waals surface area contributed by atoms with Crippen molar-refractivity contribution >= 4 is 50.7 Å². The fourth-order valence-electron chi connectivity index (χ4n) is 3.75. The summed E-state index contributed by atoms with van der Waals surface area (Å²) >= 11 is 0. The van der Waals surface area contributed by atoms with Gasteiger partial charge in [0, 0.05) is 29.6 Å². The Kier molecular flexibility index (Phi) is 15.8. The zero-order valence-corrected chi connectivity index (χ0v) is 22.5. The molecule has 1 radical (unpaired) electrons. The largest absolute Gasteiger partial charge is 0.331 e. The molecule has 5 nitrogen and oxygen atoms in total. The van der Waals surface area contributed by atoms with Crippen LogP contribution >= 0.6 is 0 Å². The van der Waals surface area contributed by atoms with E-state index in [9.17, 15) is 8.42 Å². The van der Waals surface area contributed by atoms with Crippen LogP contribution < -0.4 is 0 Å². The van der Waals surface area contributed by atoms with Gasteiger partial charge in [0.25, 0.3) is 5.16 Å². The molecule has 0 atom stereocenters. The molecule has 0 saturated heterocycles. The standard InChI is InChI=1S/C24H40N2O3S.Na/c1-2-3-4-5-6-7-8-9-10-11-12-13-14-15-18-21-29-30(27,28)24-25-22-19-16-17-20-23(22)26-24;/h16-17,19-20H,2-15,18,21H2,1H3,(H,25,26);. The van der Waals surface area contributed by atoms with E-state index in [4.69, 9.17) is 4.18 Å². The summed E-state index contributed by atoms with van der Waals surface area (Å²) in [6.45, 7) is 2.49. The summed E-state index contributed by atoms with van der Waals surface area (Å²) in [4.78, 5) is 6.92. The number of fused-ring (bicyclic) bond motifs is 1. The summed E-state index contributed by atoms with van der Waals surface area (Å²) in [6, 6.07) is 7.25. The molecule has 1 heterocycles. The van der Waals surface area contributed by atoms with E-state index >= 15 is 0 Å². The van der Waals surface area contributed by atoms with Crippen molar-refractivity contribution in [2.75, 3.05) is 6.61 Å². The van der Waals surface area contributed by atoms with Crippen molar-refractivity contribution in [3.63, 3.8) is 0 Å². The van der Waals surface area contributed by atoms with Gasteiger partial charge in [0.1, 0.15) is 0 Å². The summed E-state index contributed by atoms with van der Waals surface area (Å²) in [5.41, 5.74) is 1.33. The van der Waals surface area contributed by atoms with Crippen LogP contribution in [0.2, 0.25) is 0 Å². The molecule has 1 aromatic heterocycles. The van der Waals surface area contributed by atoms with Crippen molar-refractivity contribution < 1.29 is 12.6 Å². The zero-order valence-electron chi connectivity index (χ0n) is 19.7. The Labute approximate surface area is 211 Å². The van der Waals surface area contributed by atoms with Gasteiger partial charge in [-0.15, -0.1) is 0 Å². The Hall–Kier alpha value is -0.400. The van der Waals surface area contributed by atoms with Crippen molar-refractivity contribution in [2.24, 2.45) is 0 Å². The van der Waals surface area contributed by atoms with Crippen LogP contribution in [0.15, 0.2) is 29.4 Å². The first-order chi connectivity index (χ1) is 14.6. The molecule has 0 amide bonds. The molecular weight excluding hydrogens is 419 g/mol. The van der Waals surface area contributed by atoms with Gasteiger partial charge in [0.15, 0.2) is 0 Å². The monoisotopic (exact) mass is 459 g/mol. The second kappa shape index (κ2) is 17.1. The van der Waals surface area contributed by atoms with Gasteiger partial charge in [-0.2, -0.15) is 8.42 Å². The van der Waals surface area contributed by atoms with Crippen molar-refractivity contribution in [1.82, 2.24) is 9.97 Å². The van der Waals surface area contributed by atoms with Crippen LogP contribution in [0, 0.1) is 0 Å². The number of aromatic amines is 1. The van der Waals surface area contributed by atoms with Crippen LogP contribution in [0.1, 0.15) is 103 Å². The smallest absolute Gasteiger partial charge is 0.327 e. The molecule has 1 N–H and O–H groups in total. The van der Waals surface area contributed by atoms with Crippen LogP contribution in [0.5, 0.6) is 0 Å². The Morgan fingerprint density at radius 1 is 0.774 bits per heavy atom. The predicted octanol–water partition coefficient (Wildman–Crippen LogP) is 6.76. The van der Waals surface area contributed by atoms with Crippen molar-refractivity contribution in [2.45, 2.75) is 108 Å². The van der Waals surface area contributed by atoms with Gasteiger partial charge in [-0.3, -0.25) is 4.18 Å². The van der Waals surface area contributed by atoms with Crippen LogP contribution in [-0.2, 0) is 14.3 Å². The first-order valence-corrected chi connectivity index (χ1v) is 13.4. The van der Waals surface area contributed by atoms with E-state index in [1.807, 2.05) is 12.1 Å². The number of H-pyrrole nitrogens is 1. The average Bonchev–Trinajstić information content (AvgIpc) is 3.19. The molecule has 0 aliphatic rings. The van der Waals surface area contributed by atoms with E-state index in [0.717, 1.165) is 19.3 Å². The van der Waals surface area contributed by atoms with E-state index < -0.39 is 10.1 Å². The number of nitrogens with one attached hydrogen (secondary N) is 1. The molecule has 2 rings (SSSR count). The van der Waals surface area contributed by atoms with Crippen molar-refractivity contribution in [3.8, 4) is 0 Å². The SMILES string of the molecule is CCCCCCCCCCCCCCCCCOS(=O)(=O)c1nc2ccccc2[nH]1.[Na]. The third kappa shape index (κ3) is 11.9. The minimum Gasteiger partial charge on any atom is -0.327 e. The van der Waals surface area contributed by atoms with Gasteiger partial charge in [-0.25, -0.2) is 4.98 Å². The number of para-hydroxylation sites is 2. The Morgan fingerprint density at radius 3 is 1.77 bits per heavy atom. The molecule has 0 spiro atoms. The van der Waals surface area contributed by atoms with Crippen LogP contribution in [0.25, 0.3) is 11.0 Å². The Morgan fingerprint density at radius 2 is 1.26 bits per heavy atom. The van der Waals surface area contributed by atoms with E-state index in [1.54, 1.807) is 12.1 Å². The summed E-state index contributed by atoms with van der Waals surface area (Å²) in [5.74, 6) is 0. The summed E-state index contributed by atoms with van der Waals surface area (Å²) in [6.07, 6.45) is 19.2. The number of aromatic nitrogens is 2. The minimum atomic E-state index is -3.81. The molecule has 0 aliphatic heterocycles. The van der Waals surface area contributed by atoms with Gasteiger partial charge in [-0.1, -0.05) is 109 Å².